The first-order valence-electron chi connectivity index (χ1n) is 9.87. The molecule has 8 heteroatoms. The first-order valence-corrected chi connectivity index (χ1v) is 9.87. The largest absolute Gasteiger partial charge is 0.373 e. The molecule has 1 aliphatic heterocycles. The number of aliphatic hydroxyl groups is 1. The summed E-state index contributed by atoms with van der Waals surface area (Å²) in [6, 6.07) is 11.5. The Kier molecular flexibility index (Phi) is 4.18. The molecule has 1 fully saturated rings. The van der Waals surface area contributed by atoms with Crippen LogP contribution in [0.4, 0.5) is 0 Å². The molecule has 0 spiro atoms. The maximum absolute atomic E-state index is 12.3. The second-order valence-electron chi connectivity index (χ2n) is 7.59. The predicted octanol–water partition coefficient (Wildman–Crippen LogP) is 2.82. The third-order valence-electron chi connectivity index (χ3n) is 5.69. The molecule has 1 saturated heterocycles. The van der Waals surface area contributed by atoms with Gasteiger partial charge in [0.05, 0.1) is 6.20 Å². The van der Waals surface area contributed by atoms with E-state index in [2.05, 4.69) is 21.3 Å². The van der Waals surface area contributed by atoms with Crippen LogP contribution in [-0.4, -0.2) is 49.4 Å². The molecule has 152 valence electrons. The van der Waals surface area contributed by atoms with Gasteiger partial charge in [0.15, 0.2) is 11.4 Å². The van der Waals surface area contributed by atoms with Crippen LogP contribution in [0.1, 0.15) is 19.1 Å². The number of likely N-dealkylation sites (tertiary alicyclic amines) is 1. The average molecular weight is 403 g/mol. The molecular weight excluding hydrogens is 382 g/mol. The van der Waals surface area contributed by atoms with Crippen LogP contribution >= 0.6 is 0 Å². The first-order chi connectivity index (χ1) is 14.5. The van der Waals surface area contributed by atoms with Crippen molar-refractivity contribution in [2.24, 2.45) is 0 Å². The molecular formula is C22H21N5O3. The zero-order valence-corrected chi connectivity index (χ0v) is 16.7. The maximum Gasteiger partial charge on any atom is 0.262 e. The van der Waals surface area contributed by atoms with Crippen LogP contribution in [0.25, 0.3) is 33.4 Å². The second kappa shape index (κ2) is 6.77. The van der Waals surface area contributed by atoms with E-state index in [0.29, 0.717) is 12.2 Å². The predicted molar refractivity (Wildman–Crippen MR) is 110 cm³/mol. The Bertz CT molecular complexity index is 1260. The summed E-state index contributed by atoms with van der Waals surface area (Å²) in [6.07, 6.45) is 3.94. The smallest absolute Gasteiger partial charge is 0.262 e. The molecule has 5 rings (SSSR count). The standard InChI is InChI=1S/C22H21N5O3/c1-3-27-20-17(13-24-27)10-16(12-23-20)14-5-4-6-15(9-14)18-11-19(30-25-18)22(29)7-8-26(2)21(22)28/h4-6,9-13,29H,3,7-8H2,1-2H3. The molecule has 1 amide bonds. The minimum atomic E-state index is -1.65. The van der Waals surface area contributed by atoms with E-state index in [1.807, 2.05) is 48.3 Å². The summed E-state index contributed by atoms with van der Waals surface area (Å²) < 4.78 is 7.23. The van der Waals surface area contributed by atoms with Crippen LogP contribution < -0.4 is 0 Å². The Hall–Kier alpha value is -3.52. The molecule has 0 bridgehead atoms. The number of amides is 1. The van der Waals surface area contributed by atoms with Crippen LogP contribution in [0.3, 0.4) is 0 Å². The molecule has 4 heterocycles. The van der Waals surface area contributed by atoms with Crippen molar-refractivity contribution < 1.29 is 14.4 Å². The van der Waals surface area contributed by atoms with Crippen molar-refractivity contribution in [2.45, 2.75) is 25.5 Å². The Morgan fingerprint density at radius 2 is 2.00 bits per heavy atom. The molecule has 0 saturated carbocycles. The summed E-state index contributed by atoms with van der Waals surface area (Å²) in [7, 11) is 1.66. The van der Waals surface area contributed by atoms with Gasteiger partial charge < -0.3 is 14.5 Å². The number of carbonyl (C=O) groups is 1. The van der Waals surface area contributed by atoms with Gasteiger partial charge in [-0.2, -0.15) is 5.10 Å². The van der Waals surface area contributed by atoms with Gasteiger partial charge in [-0.3, -0.25) is 4.79 Å². The number of aromatic nitrogens is 4. The van der Waals surface area contributed by atoms with E-state index in [4.69, 9.17) is 4.52 Å². The molecule has 1 aromatic carbocycles. The van der Waals surface area contributed by atoms with E-state index >= 15 is 0 Å². The number of rotatable bonds is 4. The van der Waals surface area contributed by atoms with Crippen molar-refractivity contribution in [3.8, 4) is 22.4 Å². The molecule has 1 unspecified atom stereocenters. The lowest BCUT2D eigenvalue weighted by Crippen LogP contribution is -2.35. The fraction of sp³-hybridized carbons (Fsp3) is 0.273. The van der Waals surface area contributed by atoms with Crippen molar-refractivity contribution in [1.82, 2.24) is 24.8 Å². The molecule has 0 radical (unpaired) electrons. The molecule has 8 nitrogen and oxygen atoms in total. The van der Waals surface area contributed by atoms with Gasteiger partial charge in [-0.1, -0.05) is 23.4 Å². The summed E-state index contributed by atoms with van der Waals surface area (Å²) in [5, 5.41) is 20.2. The zero-order valence-electron chi connectivity index (χ0n) is 16.7. The molecule has 4 aromatic rings. The van der Waals surface area contributed by atoms with E-state index in [9.17, 15) is 9.90 Å². The number of fused-ring (bicyclic) bond motifs is 1. The number of hydrogen-bond acceptors (Lipinski definition) is 6. The number of likely N-dealkylation sites (N-methyl/N-ethyl adjacent to an activating group) is 1. The fourth-order valence-electron chi connectivity index (χ4n) is 3.91. The van der Waals surface area contributed by atoms with Gasteiger partial charge in [0.1, 0.15) is 5.69 Å². The highest BCUT2D eigenvalue weighted by Crippen LogP contribution is 2.35. The highest BCUT2D eigenvalue weighted by molar-refractivity contribution is 5.88. The zero-order chi connectivity index (χ0) is 20.9. The van der Waals surface area contributed by atoms with Crippen LogP contribution in [0, 0.1) is 0 Å². The maximum atomic E-state index is 12.3. The molecule has 3 aromatic heterocycles. The normalized spacial score (nSPS) is 19.2. The van der Waals surface area contributed by atoms with Crippen molar-refractivity contribution in [2.75, 3.05) is 13.6 Å². The number of nitrogens with zero attached hydrogens (tertiary/aromatic N) is 5. The van der Waals surface area contributed by atoms with Gasteiger partial charge in [0.25, 0.3) is 5.91 Å². The van der Waals surface area contributed by atoms with Crippen molar-refractivity contribution >= 4 is 16.9 Å². The van der Waals surface area contributed by atoms with E-state index in [1.54, 1.807) is 13.1 Å². The summed E-state index contributed by atoms with van der Waals surface area (Å²) in [4.78, 5) is 18.4. The van der Waals surface area contributed by atoms with E-state index in [1.165, 1.54) is 4.90 Å². The number of benzene rings is 1. The second-order valence-corrected chi connectivity index (χ2v) is 7.59. The Morgan fingerprint density at radius 3 is 2.77 bits per heavy atom. The van der Waals surface area contributed by atoms with E-state index in [0.717, 1.165) is 34.3 Å². The van der Waals surface area contributed by atoms with Crippen LogP contribution in [0.2, 0.25) is 0 Å². The summed E-state index contributed by atoms with van der Waals surface area (Å²) in [5.74, 6) is -0.196. The molecule has 1 N–H and O–H groups in total. The van der Waals surface area contributed by atoms with Crippen LogP contribution in [0.15, 0.2) is 53.3 Å². The van der Waals surface area contributed by atoms with Crippen molar-refractivity contribution in [3.63, 3.8) is 0 Å². The summed E-state index contributed by atoms with van der Waals surface area (Å²) in [6.45, 7) is 3.28. The number of carbonyl (C=O) groups excluding carboxylic acids is 1. The quantitative estimate of drug-likeness (QED) is 0.563. The van der Waals surface area contributed by atoms with Crippen LogP contribution in [-0.2, 0) is 16.9 Å². The van der Waals surface area contributed by atoms with Gasteiger partial charge in [-0.25, -0.2) is 9.67 Å². The molecule has 1 aliphatic rings. The lowest BCUT2D eigenvalue weighted by Gasteiger charge is -2.16. The molecule has 1 atom stereocenters. The Balaban J connectivity index is 1.49. The van der Waals surface area contributed by atoms with E-state index < -0.39 is 5.60 Å². The third-order valence-corrected chi connectivity index (χ3v) is 5.69. The summed E-state index contributed by atoms with van der Waals surface area (Å²) >= 11 is 0. The molecule has 0 aliphatic carbocycles. The van der Waals surface area contributed by atoms with Gasteiger partial charge in [-0.15, -0.1) is 0 Å². The first kappa shape index (κ1) is 18.5. The minimum absolute atomic E-state index is 0.173. The number of hydrogen-bond donors (Lipinski definition) is 1. The number of pyridine rings is 1. The van der Waals surface area contributed by atoms with Gasteiger partial charge in [-0.05, 0) is 24.6 Å². The third kappa shape index (κ3) is 2.80. The highest BCUT2D eigenvalue weighted by Gasteiger charge is 2.48. The van der Waals surface area contributed by atoms with E-state index in [-0.39, 0.29) is 18.1 Å². The van der Waals surface area contributed by atoms with Gasteiger partial charge >= 0.3 is 0 Å². The average Bonchev–Trinajstić information content (AvgIpc) is 3.49. The Labute approximate surface area is 172 Å². The number of aryl methyl sites for hydroxylation is 1. The van der Waals surface area contributed by atoms with Crippen LogP contribution in [0.5, 0.6) is 0 Å². The minimum Gasteiger partial charge on any atom is -0.373 e. The SMILES string of the molecule is CCn1ncc2cc(-c3cccc(-c4cc(C5(O)CCN(C)C5=O)on4)c3)cnc21. The topological polar surface area (TPSA) is 97.3 Å². The Morgan fingerprint density at radius 1 is 1.17 bits per heavy atom. The van der Waals surface area contributed by atoms with Crippen molar-refractivity contribution in [3.05, 3.63) is 54.6 Å². The lowest BCUT2D eigenvalue weighted by molar-refractivity contribution is -0.144. The fourth-order valence-corrected chi connectivity index (χ4v) is 3.91. The van der Waals surface area contributed by atoms with Gasteiger partial charge in [0.2, 0.25) is 5.60 Å². The molecule has 30 heavy (non-hydrogen) atoms. The monoisotopic (exact) mass is 403 g/mol. The summed E-state index contributed by atoms with van der Waals surface area (Å²) in [5.41, 5.74) is 2.55. The highest BCUT2D eigenvalue weighted by atomic mass is 16.5. The van der Waals surface area contributed by atoms with Crippen molar-refractivity contribution in [1.29, 1.82) is 0 Å². The van der Waals surface area contributed by atoms with Gasteiger partial charge in [0, 0.05) is 55.3 Å². The lowest BCUT2D eigenvalue weighted by atomic mass is 9.97.